The summed E-state index contributed by atoms with van der Waals surface area (Å²) in [5, 5.41) is 11.8. The van der Waals surface area contributed by atoms with Gasteiger partial charge in [-0.25, -0.2) is 5.06 Å². The molecule has 224 valence electrons. The molecule has 0 saturated carbocycles. The maximum absolute atomic E-state index is 12.2. The first-order chi connectivity index (χ1) is 20.3. The van der Waals surface area contributed by atoms with Crippen LogP contribution >= 0.6 is 0 Å². The van der Waals surface area contributed by atoms with Crippen molar-refractivity contribution in [3.63, 3.8) is 0 Å². The van der Waals surface area contributed by atoms with Gasteiger partial charge in [0.2, 0.25) is 5.91 Å². The molecule has 3 aromatic carbocycles. The first-order valence-electron chi connectivity index (χ1n) is 15.0. The molecule has 1 N–H and O–H groups in total. The van der Waals surface area contributed by atoms with Gasteiger partial charge >= 0.3 is 0 Å². The lowest BCUT2D eigenvalue weighted by Crippen LogP contribution is -2.33. The zero-order valence-corrected chi connectivity index (χ0v) is 25.2. The van der Waals surface area contributed by atoms with Gasteiger partial charge in [-0.3, -0.25) is 9.63 Å². The molecule has 4 atom stereocenters. The molecule has 0 radical (unpaired) electrons. The number of amides is 1. The normalized spacial score (nSPS) is 18.5. The summed E-state index contributed by atoms with van der Waals surface area (Å²) >= 11 is 0. The quantitative estimate of drug-likeness (QED) is 0.0955. The average Bonchev–Trinajstić information content (AvgIpc) is 3.39. The van der Waals surface area contributed by atoms with E-state index in [1.807, 2.05) is 25.1 Å². The molecule has 3 aromatic rings. The van der Waals surface area contributed by atoms with E-state index in [0.29, 0.717) is 25.9 Å². The lowest BCUT2D eigenvalue weighted by molar-refractivity contribution is -0.173. The van der Waals surface area contributed by atoms with Crippen LogP contribution in [0.3, 0.4) is 0 Å². The van der Waals surface area contributed by atoms with E-state index in [9.17, 15) is 9.90 Å². The van der Waals surface area contributed by atoms with E-state index >= 15 is 0 Å². The number of aliphatic hydroxyl groups excluding tert-OH is 1. The van der Waals surface area contributed by atoms with Crippen LogP contribution in [0.4, 0.5) is 0 Å². The van der Waals surface area contributed by atoms with Crippen molar-refractivity contribution >= 4 is 5.91 Å². The summed E-state index contributed by atoms with van der Waals surface area (Å²) in [6.45, 7) is 6.64. The predicted molar refractivity (Wildman–Crippen MR) is 166 cm³/mol. The van der Waals surface area contributed by atoms with Gasteiger partial charge in [-0.05, 0) is 60.8 Å². The minimum absolute atomic E-state index is 0.0738. The summed E-state index contributed by atoms with van der Waals surface area (Å²) in [4.78, 5) is 17.2. The van der Waals surface area contributed by atoms with Gasteiger partial charge in [-0.1, -0.05) is 104 Å². The lowest BCUT2D eigenvalue weighted by atomic mass is 9.80. The summed E-state index contributed by atoms with van der Waals surface area (Å²) in [5.41, 5.74) is 3.63. The van der Waals surface area contributed by atoms with Crippen molar-refractivity contribution in [2.24, 2.45) is 5.92 Å². The number of hydrogen-bond acceptors (Lipinski definition) is 5. The Morgan fingerprint density at radius 2 is 1.50 bits per heavy atom. The molecular weight excluding hydrogens is 526 g/mol. The van der Waals surface area contributed by atoms with Crippen LogP contribution < -0.4 is 0 Å². The molecule has 1 unspecified atom stereocenters. The molecule has 1 aliphatic rings. The van der Waals surface area contributed by atoms with Crippen LogP contribution in [0.2, 0.25) is 0 Å². The number of hydroxylamine groups is 2. The molecular formula is C36H45NO5. The zero-order valence-electron chi connectivity index (χ0n) is 25.2. The zero-order chi connectivity index (χ0) is 30.0. The molecule has 0 bridgehead atoms. The van der Waals surface area contributed by atoms with Gasteiger partial charge in [0.15, 0.2) is 0 Å². The van der Waals surface area contributed by atoms with Crippen LogP contribution in [0.15, 0.2) is 103 Å². The van der Waals surface area contributed by atoms with Crippen LogP contribution in [0.25, 0.3) is 0 Å². The molecule has 0 spiro atoms. The standard InChI is InChI=1S/C36H45NO5/c1-27-26-33(42-34(27)23-22-32(38)25-28(2)35(39)37(3)40-4)21-14-24-41-36(29-15-8-5-9-16-29,30-17-10-6-11-18-30)31-19-12-7-13-20-31/h5-13,15-20,28,32-34,38H,1,14,21-26H2,2-4H3/t28-,32?,33+,34+/m1/s1. The van der Waals surface area contributed by atoms with E-state index in [0.717, 1.165) is 41.5 Å². The van der Waals surface area contributed by atoms with E-state index < -0.39 is 11.7 Å². The maximum atomic E-state index is 12.2. The Morgan fingerprint density at radius 1 is 0.976 bits per heavy atom. The highest BCUT2D eigenvalue weighted by Crippen LogP contribution is 2.41. The number of carbonyl (C=O) groups excluding carboxylic acids is 1. The summed E-state index contributed by atoms with van der Waals surface area (Å²) in [7, 11) is 3.04. The SMILES string of the molecule is C=C1C[C@H](CCCOC(c2ccccc2)(c2ccccc2)c2ccccc2)O[C@H]1CCC(O)C[C@@H](C)C(=O)N(C)OC. The monoisotopic (exact) mass is 571 g/mol. The number of benzene rings is 3. The highest BCUT2D eigenvalue weighted by atomic mass is 16.7. The Bertz CT molecular complexity index is 1150. The van der Waals surface area contributed by atoms with Gasteiger partial charge in [0.25, 0.3) is 0 Å². The van der Waals surface area contributed by atoms with Crippen molar-refractivity contribution < 1.29 is 24.2 Å². The third-order valence-electron chi connectivity index (χ3n) is 8.23. The average molecular weight is 572 g/mol. The van der Waals surface area contributed by atoms with E-state index in [4.69, 9.17) is 14.3 Å². The fraction of sp³-hybridized carbons (Fsp3) is 0.417. The largest absolute Gasteiger partial charge is 0.393 e. The van der Waals surface area contributed by atoms with E-state index in [1.54, 1.807) is 7.05 Å². The van der Waals surface area contributed by atoms with Crippen LogP contribution in [-0.2, 0) is 24.7 Å². The predicted octanol–water partition coefficient (Wildman–Crippen LogP) is 6.68. The topological polar surface area (TPSA) is 68.2 Å². The lowest BCUT2D eigenvalue weighted by Gasteiger charge is -2.36. The maximum Gasteiger partial charge on any atom is 0.248 e. The second-order valence-corrected chi connectivity index (χ2v) is 11.3. The van der Waals surface area contributed by atoms with E-state index in [2.05, 4.69) is 79.4 Å². The van der Waals surface area contributed by atoms with Gasteiger partial charge in [0, 0.05) is 19.6 Å². The molecule has 6 nitrogen and oxygen atoms in total. The summed E-state index contributed by atoms with van der Waals surface area (Å²) in [6.07, 6.45) is 3.58. The minimum Gasteiger partial charge on any atom is -0.393 e. The Balaban J connectivity index is 1.34. The van der Waals surface area contributed by atoms with E-state index in [-0.39, 0.29) is 24.0 Å². The number of ether oxygens (including phenoxy) is 2. The number of carbonyl (C=O) groups is 1. The number of nitrogens with zero attached hydrogens (tertiary/aromatic N) is 1. The van der Waals surface area contributed by atoms with Gasteiger partial charge in [0.05, 0.1) is 25.4 Å². The molecule has 1 amide bonds. The second-order valence-electron chi connectivity index (χ2n) is 11.3. The van der Waals surface area contributed by atoms with Crippen LogP contribution in [0.1, 0.15) is 62.1 Å². The van der Waals surface area contributed by atoms with Gasteiger partial charge in [-0.15, -0.1) is 0 Å². The van der Waals surface area contributed by atoms with Crippen molar-refractivity contribution in [1.29, 1.82) is 0 Å². The fourth-order valence-corrected chi connectivity index (χ4v) is 5.92. The number of aliphatic hydroxyl groups is 1. The van der Waals surface area contributed by atoms with Crippen molar-refractivity contribution in [3.05, 3.63) is 120 Å². The van der Waals surface area contributed by atoms with Crippen LogP contribution in [0.5, 0.6) is 0 Å². The van der Waals surface area contributed by atoms with Crippen LogP contribution in [-0.4, -0.2) is 55.2 Å². The minimum atomic E-state index is -0.723. The molecule has 0 aromatic heterocycles. The fourth-order valence-electron chi connectivity index (χ4n) is 5.92. The third-order valence-corrected chi connectivity index (χ3v) is 8.23. The number of rotatable bonds is 15. The van der Waals surface area contributed by atoms with Gasteiger partial charge in [0.1, 0.15) is 5.60 Å². The molecule has 1 aliphatic heterocycles. The van der Waals surface area contributed by atoms with Gasteiger partial charge < -0.3 is 14.6 Å². The highest BCUT2D eigenvalue weighted by molar-refractivity contribution is 5.77. The van der Waals surface area contributed by atoms with Crippen molar-refractivity contribution in [1.82, 2.24) is 5.06 Å². The smallest absolute Gasteiger partial charge is 0.248 e. The highest BCUT2D eigenvalue weighted by Gasteiger charge is 2.37. The summed E-state index contributed by atoms with van der Waals surface area (Å²) in [5.74, 6) is -0.462. The molecule has 42 heavy (non-hydrogen) atoms. The van der Waals surface area contributed by atoms with E-state index in [1.165, 1.54) is 12.2 Å². The molecule has 4 rings (SSSR count). The first kappa shape index (κ1) is 31.6. The Hall–Kier alpha value is -3.29. The molecule has 0 aliphatic carbocycles. The summed E-state index contributed by atoms with van der Waals surface area (Å²) in [6, 6.07) is 31.3. The Kier molecular flexibility index (Phi) is 11.5. The first-order valence-corrected chi connectivity index (χ1v) is 15.0. The second kappa shape index (κ2) is 15.3. The molecule has 1 fully saturated rings. The van der Waals surface area contributed by atoms with Gasteiger partial charge in [-0.2, -0.15) is 0 Å². The molecule has 1 saturated heterocycles. The third kappa shape index (κ3) is 7.75. The molecule has 6 heteroatoms. The van der Waals surface area contributed by atoms with Crippen molar-refractivity contribution in [2.45, 2.75) is 69.4 Å². The number of hydrogen-bond donors (Lipinski definition) is 1. The Morgan fingerprint density at radius 3 is 2.00 bits per heavy atom. The Labute approximate surface area is 250 Å². The van der Waals surface area contributed by atoms with Crippen molar-refractivity contribution in [2.75, 3.05) is 20.8 Å². The summed E-state index contributed by atoms with van der Waals surface area (Å²) < 4.78 is 13.3. The van der Waals surface area contributed by atoms with Crippen LogP contribution in [0, 0.1) is 5.92 Å². The molecule has 1 heterocycles. The van der Waals surface area contributed by atoms with Crippen molar-refractivity contribution in [3.8, 4) is 0 Å².